The first-order chi connectivity index (χ1) is 8.86. The van der Waals surface area contributed by atoms with Gasteiger partial charge in [-0.1, -0.05) is 6.42 Å². The second kappa shape index (κ2) is 4.87. The van der Waals surface area contributed by atoms with Crippen LogP contribution in [0, 0.1) is 0 Å². The third kappa shape index (κ3) is 2.46. The lowest BCUT2D eigenvalue weighted by Crippen LogP contribution is -2.25. The molecule has 0 radical (unpaired) electrons. The first-order valence-electron chi connectivity index (χ1n) is 6.92. The summed E-state index contributed by atoms with van der Waals surface area (Å²) in [4.78, 5) is 12.1. The van der Waals surface area contributed by atoms with Gasteiger partial charge in [0.15, 0.2) is 0 Å². The van der Waals surface area contributed by atoms with Gasteiger partial charge in [-0.05, 0) is 40.5 Å². The maximum atomic E-state index is 12.1. The number of nitrogens with two attached hydrogens (primary N) is 1. The fourth-order valence-electron chi connectivity index (χ4n) is 2.34. The molecule has 5 heteroatoms. The minimum absolute atomic E-state index is 0.243. The number of nitrogens with zero attached hydrogens (tertiary/aromatic N) is 2. The summed E-state index contributed by atoms with van der Waals surface area (Å²) in [5.41, 5.74) is 7.19. The SMILES string of the molecule is CCOC(=O)c1c(C2CCC2)nn(C(C)(C)C)c1N. The molecule has 1 saturated carbocycles. The number of nitrogen functional groups attached to an aromatic ring is 1. The van der Waals surface area contributed by atoms with Gasteiger partial charge in [-0.2, -0.15) is 5.10 Å². The van der Waals surface area contributed by atoms with E-state index < -0.39 is 0 Å². The maximum Gasteiger partial charge on any atom is 0.343 e. The van der Waals surface area contributed by atoms with Crippen molar-refractivity contribution in [2.24, 2.45) is 0 Å². The molecule has 2 rings (SSSR count). The largest absolute Gasteiger partial charge is 0.462 e. The van der Waals surface area contributed by atoms with Crippen molar-refractivity contribution in [3.8, 4) is 0 Å². The molecular weight excluding hydrogens is 242 g/mol. The van der Waals surface area contributed by atoms with Crippen LogP contribution in [-0.4, -0.2) is 22.4 Å². The maximum absolute atomic E-state index is 12.1. The molecular formula is C14H23N3O2. The molecule has 0 aromatic carbocycles. The highest BCUT2D eigenvalue weighted by atomic mass is 16.5. The van der Waals surface area contributed by atoms with E-state index in [0.29, 0.717) is 23.9 Å². The van der Waals surface area contributed by atoms with Gasteiger partial charge in [-0.25, -0.2) is 9.48 Å². The average Bonchev–Trinajstić information content (AvgIpc) is 2.53. The Hall–Kier alpha value is -1.52. The van der Waals surface area contributed by atoms with E-state index in [0.717, 1.165) is 18.5 Å². The van der Waals surface area contributed by atoms with Crippen molar-refractivity contribution in [2.45, 2.75) is 58.4 Å². The number of ether oxygens (including phenoxy) is 1. The van der Waals surface area contributed by atoms with Crippen LogP contribution < -0.4 is 5.73 Å². The van der Waals surface area contributed by atoms with Gasteiger partial charge in [0.2, 0.25) is 0 Å². The van der Waals surface area contributed by atoms with Crippen LogP contribution in [0.1, 0.15) is 68.9 Å². The molecule has 1 fully saturated rings. The van der Waals surface area contributed by atoms with Gasteiger partial charge in [0.25, 0.3) is 0 Å². The van der Waals surface area contributed by atoms with Crippen molar-refractivity contribution >= 4 is 11.8 Å². The molecule has 0 aliphatic heterocycles. The van der Waals surface area contributed by atoms with Crippen molar-refractivity contribution in [1.29, 1.82) is 0 Å². The van der Waals surface area contributed by atoms with Gasteiger partial charge in [0.1, 0.15) is 11.4 Å². The predicted molar refractivity (Wildman–Crippen MR) is 74.2 cm³/mol. The van der Waals surface area contributed by atoms with Crippen molar-refractivity contribution in [2.75, 3.05) is 12.3 Å². The molecule has 0 amide bonds. The number of carbonyl (C=O) groups excluding carboxylic acids is 1. The van der Waals surface area contributed by atoms with Gasteiger partial charge < -0.3 is 10.5 Å². The Morgan fingerprint density at radius 3 is 2.53 bits per heavy atom. The van der Waals surface area contributed by atoms with Crippen molar-refractivity contribution in [3.05, 3.63) is 11.3 Å². The van der Waals surface area contributed by atoms with E-state index in [-0.39, 0.29) is 11.5 Å². The van der Waals surface area contributed by atoms with Crippen LogP contribution in [0.4, 0.5) is 5.82 Å². The molecule has 0 unspecified atom stereocenters. The fraction of sp³-hybridized carbons (Fsp3) is 0.714. The molecule has 0 spiro atoms. The average molecular weight is 265 g/mol. The molecule has 5 nitrogen and oxygen atoms in total. The zero-order chi connectivity index (χ0) is 14.2. The third-order valence-corrected chi connectivity index (χ3v) is 3.56. The number of hydrogen-bond donors (Lipinski definition) is 1. The smallest absolute Gasteiger partial charge is 0.343 e. The summed E-state index contributed by atoms with van der Waals surface area (Å²) in [6, 6.07) is 0. The molecule has 0 saturated heterocycles. The van der Waals surface area contributed by atoms with Crippen LogP contribution in [0.3, 0.4) is 0 Å². The number of hydrogen-bond acceptors (Lipinski definition) is 4. The summed E-state index contributed by atoms with van der Waals surface area (Å²) in [7, 11) is 0. The summed E-state index contributed by atoms with van der Waals surface area (Å²) in [6.45, 7) is 8.22. The molecule has 19 heavy (non-hydrogen) atoms. The first-order valence-corrected chi connectivity index (χ1v) is 6.92. The van der Waals surface area contributed by atoms with Crippen LogP contribution in [0.15, 0.2) is 0 Å². The first kappa shape index (κ1) is 13.9. The van der Waals surface area contributed by atoms with Crippen LogP contribution in [0.5, 0.6) is 0 Å². The number of rotatable bonds is 3. The minimum Gasteiger partial charge on any atom is -0.462 e. The van der Waals surface area contributed by atoms with E-state index >= 15 is 0 Å². The summed E-state index contributed by atoms with van der Waals surface area (Å²) < 4.78 is 6.86. The molecule has 1 aromatic heterocycles. The minimum atomic E-state index is -0.350. The highest BCUT2D eigenvalue weighted by Gasteiger charge is 2.33. The lowest BCUT2D eigenvalue weighted by molar-refractivity contribution is 0.0525. The van der Waals surface area contributed by atoms with E-state index in [1.807, 2.05) is 20.8 Å². The summed E-state index contributed by atoms with van der Waals surface area (Å²) in [5.74, 6) is 0.426. The van der Waals surface area contributed by atoms with E-state index in [4.69, 9.17) is 10.5 Å². The molecule has 1 aromatic rings. The quantitative estimate of drug-likeness (QED) is 0.853. The Bertz CT molecular complexity index is 482. The number of aromatic nitrogens is 2. The second-order valence-corrected chi connectivity index (χ2v) is 6.08. The molecule has 0 bridgehead atoms. The standard InChI is InChI=1S/C14H23N3O2/c1-5-19-13(18)10-11(9-7-6-8-9)16-17(12(10)15)14(2,3)4/h9H,5-8,15H2,1-4H3. The third-order valence-electron chi connectivity index (χ3n) is 3.56. The second-order valence-electron chi connectivity index (χ2n) is 6.08. The zero-order valence-corrected chi connectivity index (χ0v) is 12.2. The van der Waals surface area contributed by atoms with Gasteiger partial charge >= 0.3 is 5.97 Å². The number of esters is 1. The summed E-state index contributed by atoms with van der Waals surface area (Å²) in [5, 5.41) is 4.60. The Morgan fingerprint density at radius 1 is 1.47 bits per heavy atom. The Labute approximate surface area is 114 Å². The van der Waals surface area contributed by atoms with Crippen LogP contribution >= 0.6 is 0 Å². The van der Waals surface area contributed by atoms with Crippen molar-refractivity contribution in [3.63, 3.8) is 0 Å². The molecule has 1 heterocycles. The molecule has 2 N–H and O–H groups in total. The van der Waals surface area contributed by atoms with Crippen molar-refractivity contribution in [1.82, 2.24) is 9.78 Å². The van der Waals surface area contributed by atoms with Gasteiger partial charge in [-0.15, -0.1) is 0 Å². The van der Waals surface area contributed by atoms with E-state index in [1.165, 1.54) is 6.42 Å². The molecule has 0 atom stereocenters. The van der Waals surface area contributed by atoms with Gasteiger partial charge in [0, 0.05) is 5.92 Å². The molecule has 1 aliphatic rings. The zero-order valence-electron chi connectivity index (χ0n) is 12.2. The highest BCUT2D eigenvalue weighted by Crippen LogP contribution is 2.40. The Balaban J connectivity index is 2.48. The van der Waals surface area contributed by atoms with Gasteiger partial charge in [-0.3, -0.25) is 0 Å². The summed E-state index contributed by atoms with van der Waals surface area (Å²) in [6.07, 6.45) is 3.34. The fourth-order valence-corrected chi connectivity index (χ4v) is 2.34. The normalized spacial score (nSPS) is 16.2. The Morgan fingerprint density at radius 2 is 2.11 bits per heavy atom. The van der Waals surface area contributed by atoms with E-state index in [2.05, 4.69) is 5.10 Å². The molecule has 1 aliphatic carbocycles. The van der Waals surface area contributed by atoms with Crippen molar-refractivity contribution < 1.29 is 9.53 Å². The number of carbonyl (C=O) groups is 1. The lowest BCUT2D eigenvalue weighted by Gasteiger charge is -2.24. The van der Waals surface area contributed by atoms with Gasteiger partial charge in [0.05, 0.1) is 17.8 Å². The van der Waals surface area contributed by atoms with Crippen LogP contribution in [-0.2, 0) is 10.3 Å². The number of anilines is 1. The van der Waals surface area contributed by atoms with E-state index in [1.54, 1.807) is 11.6 Å². The Kier molecular flexibility index (Phi) is 3.56. The monoisotopic (exact) mass is 265 g/mol. The molecule has 106 valence electrons. The topological polar surface area (TPSA) is 70.1 Å². The lowest BCUT2D eigenvalue weighted by atomic mass is 9.81. The summed E-state index contributed by atoms with van der Waals surface area (Å²) >= 11 is 0. The highest BCUT2D eigenvalue weighted by molar-refractivity contribution is 5.96. The predicted octanol–water partition coefficient (Wildman–Crippen LogP) is 2.66. The van der Waals surface area contributed by atoms with Crippen LogP contribution in [0.25, 0.3) is 0 Å². The van der Waals surface area contributed by atoms with E-state index in [9.17, 15) is 4.79 Å². The van der Waals surface area contributed by atoms with Crippen LogP contribution in [0.2, 0.25) is 0 Å².